The van der Waals surface area contributed by atoms with E-state index in [-0.39, 0.29) is 0 Å². The Morgan fingerprint density at radius 2 is 1.62 bits per heavy atom. The molecule has 0 spiro atoms. The molecule has 16 heavy (non-hydrogen) atoms. The topological polar surface area (TPSA) is 25.8 Å². The molecule has 0 N–H and O–H groups in total. The molecule has 1 aromatic heterocycles. The molecule has 0 atom stereocenters. The Hall–Kier alpha value is -0.920. The Kier molecular flexibility index (Phi) is 6.78. The molecule has 1 heterocycles. The average molecular weight is 220 g/mol. The third-order valence-electron chi connectivity index (χ3n) is 2.95. The fraction of sp³-hybridized carbons (Fsp3) is 0.714. The lowest BCUT2D eigenvalue weighted by molar-refractivity contribution is 0.679. The minimum absolute atomic E-state index is 1.12. The Balaban J connectivity index is 2.46. The molecule has 0 aliphatic carbocycles. The maximum Gasteiger partial charge on any atom is 0.115 e. The van der Waals surface area contributed by atoms with Crippen molar-refractivity contribution in [2.75, 3.05) is 0 Å². The van der Waals surface area contributed by atoms with Gasteiger partial charge < -0.3 is 0 Å². The van der Waals surface area contributed by atoms with Gasteiger partial charge in [-0.1, -0.05) is 39.5 Å². The van der Waals surface area contributed by atoms with Gasteiger partial charge in [-0.2, -0.15) is 0 Å². The summed E-state index contributed by atoms with van der Waals surface area (Å²) in [7, 11) is 0. The molecule has 0 saturated carbocycles. The molecule has 0 bridgehead atoms. The van der Waals surface area contributed by atoms with Gasteiger partial charge in [0.05, 0.1) is 0 Å². The highest BCUT2D eigenvalue weighted by Crippen LogP contribution is 2.12. The maximum absolute atomic E-state index is 4.42. The van der Waals surface area contributed by atoms with Crippen LogP contribution in [0.1, 0.15) is 63.6 Å². The minimum atomic E-state index is 1.12. The summed E-state index contributed by atoms with van der Waals surface area (Å²) in [5.74, 6) is 0. The van der Waals surface area contributed by atoms with Gasteiger partial charge in [0.2, 0.25) is 0 Å². The number of aromatic nitrogens is 2. The minimum Gasteiger partial charge on any atom is -0.245 e. The molecule has 90 valence electrons. The number of hydrogen-bond donors (Lipinski definition) is 0. The second-order valence-corrected chi connectivity index (χ2v) is 4.41. The molecular formula is C14H24N2. The maximum atomic E-state index is 4.42. The lowest BCUT2D eigenvalue weighted by Crippen LogP contribution is -1.99. The number of aryl methyl sites for hydroxylation is 2. The van der Waals surface area contributed by atoms with E-state index in [9.17, 15) is 0 Å². The fourth-order valence-corrected chi connectivity index (χ4v) is 1.93. The Morgan fingerprint density at radius 1 is 0.938 bits per heavy atom. The van der Waals surface area contributed by atoms with Crippen LogP contribution in [0.4, 0.5) is 0 Å². The number of rotatable bonds is 8. The molecule has 0 aromatic carbocycles. The highest BCUT2D eigenvalue weighted by Gasteiger charge is 2.03. The van der Waals surface area contributed by atoms with E-state index in [2.05, 4.69) is 23.8 Å². The third-order valence-corrected chi connectivity index (χ3v) is 2.95. The summed E-state index contributed by atoms with van der Waals surface area (Å²) >= 11 is 0. The van der Waals surface area contributed by atoms with E-state index in [4.69, 9.17) is 0 Å². The van der Waals surface area contributed by atoms with Crippen molar-refractivity contribution in [1.29, 1.82) is 0 Å². The average Bonchev–Trinajstić information content (AvgIpc) is 2.32. The van der Waals surface area contributed by atoms with Crippen molar-refractivity contribution >= 4 is 0 Å². The SMILES string of the molecule is CCCCCc1cncnc1CCCCC. The van der Waals surface area contributed by atoms with E-state index in [0.29, 0.717) is 0 Å². The Morgan fingerprint density at radius 3 is 2.31 bits per heavy atom. The molecule has 2 heteroatoms. The first-order chi connectivity index (χ1) is 7.88. The summed E-state index contributed by atoms with van der Waals surface area (Å²) in [6.45, 7) is 4.48. The molecule has 1 rings (SSSR count). The lowest BCUT2D eigenvalue weighted by atomic mass is 10.0. The summed E-state index contributed by atoms with van der Waals surface area (Å²) in [4.78, 5) is 8.56. The van der Waals surface area contributed by atoms with Crippen LogP contribution in [0.3, 0.4) is 0 Å². The van der Waals surface area contributed by atoms with Crippen LogP contribution in [0.2, 0.25) is 0 Å². The molecule has 0 unspecified atom stereocenters. The van der Waals surface area contributed by atoms with Crippen LogP contribution < -0.4 is 0 Å². The second-order valence-electron chi connectivity index (χ2n) is 4.41. The smallest absolute Gasteiger partial charge is 0.115 e. The fourth-order valence-electron chi connectivity index (χ4n) is 1.93. The van der Waals surface area contributed by atoms with E-state index >= 15 is 0 Å². The molecule has 2 nitrogen and oxygen atoms in total. The van der Waals surface area contributed by atoms with Crippen LogP contribution in [0, 0.1) is 0 Å². The first-order valence-corrected chi connectivity index (χ1v) is 6.66. The van der Waals surface area contributed by atoms with Crippen molar-refractivity contribution in [3.8, 4) is 0 Å². The van der Waals surface area contributed by atoms with Gasteiger partial charge in [0.25, 0.3) is 0 Å². The molecule has 0 fully saturated rings. The van der Waals surface area contributed by atoms with Gasteiger partial charge in [0, 0.05) is 11.9 Å². The van der Waals surface area contributed by atoms with E-state index < -0.39 is 0 Å². The third kappa shape index (κ3) is 4.73. The van der Waals surface area contributed by atoms with E-state index in [1.165, 1.54) is 49.8 Å². The zero-order valence-electron chi connectivity index (χ0n) is 10.7. The number of hydrogen-bond acceptors (Lipinski definition) is 2. The number of nitrogens with zero attached hydrogens (tertiary/aromatic N) is 2. The first-order valence-electron chi connectivity index (χ1n) is 6.66. The van der Waals surface area contributed by atoms with Crippen molar-refractivity contribution in [1.82, 2.24) is 9.97 Å². The van der Waals surface area contributed by atoms with Gasteiger partial charge in [-0.05, 0) is 31.2 Å². The van der Waals surface area contributed by atoms with Gasteiger partial charge in [-0.25, -0.2) is 9.97 Å². The molecule has 1 aromatic rings. The van der Waals surface area contributed by atoms with Gasteiger partial charge in [0.1, 0.15) is 6.33 Å². The zero-order valence-corrected chi connectivity index (χ0v) is 10.7. The standard InChI is InChI=1S/C14H24N2/c1-3-5-7-9-13-11-15-12-16-14(13)10-8-6-4-2/h11-12H,3-10H2,1-2H3. The second kappa shape index (κ2) is 8.26. The van der Waals surface area contributed by atoms with E-state index in [1.54, 1.807) is 6.33 Å². The van der Waals surface area contributed by atoms with Gasteiger partial charge in [-0.3, -0.25) is 0 Å². The van der Waals surface area contributed by atoms with Crippen LogP contribution in [0.25, 0.3) is 0 Å². The van der Waals surface area contributed by atoms with Crippen molar-refractivity contribution < 1.29 is 0 Å². The summed E-state index contributed by atoms with van der Waals surface area (Å²) in [5.41, 5.74) is 2.65. The van der Waals surface area contributed by atoms with Crippen LogP contribution in [0.15, 0.2) is 12.5 Å². The summed E-state index contributed by atoms with van der Waals surface area (Å²) < 4.78 is 0. The summed E-state index contributed by atoms with van der Waals surface area (Å²) in [6.07, 6.45) is 13.7. The molecule has 0 saturated heterocycles. The van der Waals surface area contributed by atoms with Crippen LogP contribution in [0.5, 0.6) is 0 Å². The first kappa shape index (κ1) is 13.1. The largest absolute Gasteiger partial charge is 0.245 e. The van der Waals surface area contributed by atoms with E-state index in [1.807, 2.05) is 6.20 Å². The van der Waals surface area contributed by atoms with Crippen molar-refractivity contribution in [2.45, 2.75) is 65.2 Å². The lowest BCUT2D eigenvalue weighted by Gasteiger charge is -2.07. The monoisotopic (exact) mass is 220 g/mol. The zero-order chi connectivity index (χ0) is 11.6. The molecule has 0 aliphatic heterocycles. The highest BCUT2D eigenvalue weighted by atomic mass is 14.8. The highest BCUT2D eigenvalue weighted by molar-refractivity contribution is 5.16. The van der Waals surface area contributed by atoms with Crippen molar-refractivity contribution in [3.05, 3.63) is 23.8 Å². The van der Waals surface area contributed by atoms with Crippen LogP contribution in [-0.4, -0.2) is 9.97 Å². The van der Waals surface area contributed by atoms with Crippen LogP contribution >= 0.6 is 0 Å². The van der Waals surface area contributed by atoms with Gasteiger partial charge in [-0.15, -0.1) is 0 Å². The van der Waals surface area contributed by atoms with Gasteiger partial charge in [0.15, 0.2) is 0 Å². The molecule has 0 amide bonds. The molecular weight excluding hydrogens is 196 g/mol. The summed E-state index contributed by atoms with van der Waals surface area (Å²) in [5, 5.41) is 0. The normalized spacial score (nSPS) is 10.6. The predicted octanol–water partition coefficient (Wildman–Crippen LogP) is 3.94. The Bertz CT molecular complexity index is 255. The molecule has 0 aliphatic rings. The quantitative estimate of drug-likeness (QED) is 0.620. The van der Waals surface area contributed by atoms with E-state index in [0.717, 1.165) is 12.8 Å². The Labute approximate surface area is 99.5 Å². The van der Waals surface area contributed by atoms with Crippen LogP contribution in [-0.2, 0) is 12.8 Å². The summed E-state index contributed by atoms with van der Waals surface area (Å²) in [6, 6.07) is 0. The predicted molar refractivity (Wildman–Crippen MR) is 68.5 cm³/mol. The van der Waals surface area contributed by atoms with Crippen molar-refractivity contribution in [2.24, 2.45) is 0 Å². The molecule has 0 radical (unpaired) electrons. The van der Waals surface area contributed by atoms with Gasteiger partial charge >= 0.3 is 0 Å². The van der Waals surface area contributed by atoms with Crippen molar-refractivity contribution in [3.63, 3.8) is 0 Å². The number of unbranched alkanes of at least 4 members (excludes halogenated alkanes) is 4.